The van der Waals surface area contributed by atoms with Crippen molar-refractivity contribution in [1.82, 2.24) is 5.32 Å². The second-order valence-corrected chi connectivity index (χ2v) is 8.29. The number of amides is 2. The predicted molar refractivity (Wildman–Crippen MR) is 126 cm³/mol. The van der Waals surface area contributed by atoms with Crippen molar-refractivity contribution in [3.63, 3.8) is 0 Å². The minimum absolute atomic E-state index is 0.0489. The van der Waals surface area contributed by atoms with Crippen LogP contribution in [-0.4, -0.2) is 46.9 Å². The minimum Gasteiger partial charge on any atom is -0.479 e. The molecule has 1 aliphatic carbocycles. The van der Waals surface area contributed by atoms with E-state index in [9.17, 15) is 19.5 Å². The predicted octanol–water partition coefficient (Wildman–Crippen LogP) is 3.61. The van der Waals surface area contributed by atoms with Crippen LogP contribution in [0.5, 0.6) is 0 Å². The summed E-state index contributed by atoms with van der Waals surface area (Å²) in [6, 6.07) is 22.2. The zero-order valence-electron chi connectivity index (χ0n) is 18.4. The fraction of sp³-hybridized carbons (Fsp3) is 0.192. The summed E-state index contributed by atoms with van der Waals surface area (Å²) in [5, 5.41) is 23.6. The molecule has 0 spiro atoms. The first-order valence-corrected chi connectivity index (χ1v) is 10.7. The second kappa shape index (κ2) is 9.36. The smallest absolute Gasteiger partial charge is 0.411 e. The number of benzene rings is 3. The normalized spacial score (nSPS) is 13.8. The van der Waals surface area contributed by atoms with Gasteiger partial charge < -0.3 is 20.3 Å². The van der Waals surface area contributed by atoms with E-state index in [-0.39, 0.29) is 18.1 Å². The molecule has 0 aliphatic heterocycles. The van der Waals surface area contributed by atoms with E-state index in [0.717, 1.165) is 29.2 Å². The van der Waals surface area contributed by atoms with Crippen LogP contribution in [-0.2, 0) is 9.53 Å². The fourth-order valence-corrected chi connectivity index (χ4v) is 3.89. The van der Waals surface area contributed by atoms with Gasteiger partial charge in [-0.2, -0.15) is 0 Å². The van der Waals surface area contributed by atoms with Crippen LogP contribution >= 0.6 is 0 Å². The average molecular weight is 460 g/mol. The summed E-state index contributed by atoms with van der Waals surface area (Å²) in [5.74, 6) is -2.03. The highest BCUT2D eigenvalue weighted by Crippen LogP contribution is 2.44. The highest BCUT2D eigenvalue weighted by Gasteiger charge is 2.31. The van der Waals surface area contributed by atoms with Gasteiger partial charge in [0.25, 0.3) is 5.91 Å². The molecule has 0 aromatic heterocycles. The first-order valence-electron chi connectivity index (χ1n) is 10.7. The summed E-state index contributed by atoms with van der Waals surface area (Å²) in [7, 11) is 0. The molecule has 0 fully saturated rings. The lowest BCUT2D eigenvalue weighted by Crippen LogP contribution is -2.46. The van der Waals surface area contributed by atoms with E-state index in [4.69, 9.17) is 9.84 Å². The molecule has 0 radical (unpaired) electrons. The fourth-order valence-electron chi connectivity index (χ4n) is 3.89. The lowest BCUT2D eigenvalue weighted by Gasteiger charge is -2.18. The molecule has 4 rings (SSSR count). The molecular formula is C26H24N2O6. The Labute approximate surface area is 196 Å². The third kappa shape index (κ3) is 4.77. The van der Waals surface area contributed by atoms with Gasteiger partial charge in [-0.05, 0) is 53.4 Å². The molecule has 8 nitrogen and oxygen atoms in total. The Morgan fingerprint density at radius 2 is 1.47 bits per heavy atom. The number of hydrogen-bond acceptors (Lipinski definition) is 5. The van der Waals surface area contributed by atoms with Crippen molar-refractivity contribution in [3.8, 4) is 11.1 Å². The van der Waals surface area contributed by atoms with Crippen LogP contribution in [0.3, 0.4) is 0 Å². The van der Waals surface area contributed by atoms with Gasteiger partial charge in [0.2, 0.25) is 0 Å². The van der Waals surface area contributed by atoms with Crippen LogP contribution in [0.2, 0.25) is 0 Å². The summed E-state index contributed by atoms with van der Waals surface area (Å²) in [4.78, 5) is 35.5. The number of carboxylic acids is 1. The average Bonchev–Trinajstić information content (AvgIpc) is 3.15. The Morgan fingerprint density at radius 1 is 0.912 bits per heavy atom. The van der Waals surface area contributed by atoms with E-state index in [1.165, 1.54) is 24.3 Å². The minimum atomic E-state index is -2.07. The number of rotatable bonds is 7. The molecule has 3 aromatic carbocycles. The number of carbonyl (C=O) groups excluding carboxylic acids is 2. The molecule has 8 heteroatoms. The summed E-state index contributed by atoms with van der Waals surface area (Å²) >= 11 is 0. The Balaban J connectivity index is 1.34. The van der Waals surface area contributed by atoms with Gasteiger partial charge in [-0.1, -0.05) is 48.5 Å². The third-order valence-corrected chi connectivity index (χ3v) is 5.79. The summed E-state index contributed by atoms with van der Waals surface area (Å²) in [6.07, 6.45) is -0.614. The number of hydrogen-bond donors (Lipinski definition) is 4. The van der Waals surface area contributed by atoms with Crippen molar-refractivity contribution in [2.75, 3.05) is 18.5 Å². The van der Waals surface area contributed by atoms with Crippen LogP contribution in [0, 0.1) is 0 Å². The summed E-state index contributed by atoms with van der Waals surface area (Å²) < 4.78 is 5.51. The largest absolute Gasteiger partial charge is 0.479 e. The Hall–Kier alpha value is -4.17. The van der Waals surface area contributed by atoms with Crippen molar-refractivity contribution in [1.29, 1.82) is 0 Å². The molecule has 4 N–H and O–H groups in total. The van der Waals surface area contributed by atoms with Crippen molar-refractivity contribution in [2.24, 2.45) is 0 Å². The van der Waals surface area contributed by atoms with Gasteiger partial charge >= 0.3 is 12.1 Å². The van der Waals surface area contributed by atoms with E-state index in [1.807, 2.05) is 36.4 Å². The molecule has 2 amide bonds. The monoisotopic (exact) mass is 460 g/mol. The molecule has 0 saturated heterocycles. The maximum absolute atomic E-state index is 12.4. The molecule has 1 atom stereocenters. The summed E-state index contributed by atoms with van der Waals surface area (Å²) in [5.41, 5.74) is 3.14. The molecule has 1 unspecified atom stereocenters. The van der Waals surface area contributed by atoms with Crippen LogP contribution in [0.25, 0.3) is 11.1 Å². The van der Waals surface area contributed by atoms with E-state index >= 15 is 0 Å². The van der Waals surface area contributed by atoms with Gasteiger partial charge in [0.05, 0.1) is 6.54 Å². The zero-order valence-corrected chi connectivity index (χ0v) is 18.4. The van der Waals surface area contributed by atoms with Gasteiger partial charge in [-0.3, -0.25) is 10.1 Å². The van der Waals surface area contributed by atoms with Gasteiger partial charge in [-0.25, -0.2) is 9.59 Å². The number of nitrogens with one attached hydrogen (secondary N) is 2. The topological polar surface area (TPSA) is 125 Å². The van der Waals surface area contributed by atoms with E-state index in [0.29, 0.717) is 5.69 Å². The highest BCUT2D eigenvalue weighted by atomic mass is 16.5. The van der Waals surface area contributed by atoms with Crippen LogP contribution < -0.4 is 10.6 Å². The highest BCUT2D eigenvalue weighted by molar-refractivity contribution is 5.95. The SMILES string of the molecule is CC(O)(CNC(=O)c1ccc(NC(=O)OCC2c3ccccc3-c3ccccc32)cc1)C(=O)O. The lowest BCUT2D eigenvalue weighted by molar-refractivity contribution is -0.155. The Kier molecular flexibility index (Phi) is 6.34. The summed E-state index contributed by atoms with van der Waals surface area (Å²) in [6.45, 7) is 0.835. The second-order valence-electron chi connectivity index (χ2n) is 8.29. The maximum atomic E-state index is 12.4. The van der Waals surface area contributed by atoms with Crippen LogP contribution in [0.4, 0.5) is 10.5 Å². The maximum Gasteiger partial charge on any atom is 0.411 e. The van der Waals surface area contributed by atoms with Gasteiger partial charge in [-0.15, -0.1) is 0 Å². The third-order valence-electron chi connectivity index (χ3n) is 5.79. The first-order chi connectivity index (χ1) is 16.3. The van der Waals surface area contributed by atoms with Crippen molar-refractivity contribution < 1.29 is 29.3 Å². The number of aliphatic carboxylic acids is 1. The standard InChI is InChI=1S/C26H24N2O6/c1-26(33,24(30)31)15-27-23(29)16-10-12-17(13-11-16)28-25(32)34-14-22-20-8-4-2-6-18(20)19-7-3-5-9-21(19)22/h2-13,22,33H,14-15H2,1H3,(H,27,29)(H,28,32)(H,30,31). The molecule has 3 aromatic rings. The molecule has 34 heavy (non-hydrogen) atoms. The number of ether oxygens (including phenoxy) is 1. The number of carbonyl (C=O) groups is 3. The quantitative estimate of drug-likeness (QED) is 0.427. The van der Waals surface area contributed by atoms with Gasteiger partial charge in [0.15, 0.2) is 5.60 Å². The molecule has 0 heterocycles. The van der Waals surface area contributed by atoms with E-state index < -0.39 is 30.1 Å². The molecular weight excluding hydrogens is 436 g/mol. The molecule has 0 saturated carbocycles. The van der Waals surface area contributed by atoms with E-state index in [2.05, 4.69) is 22.8 Å². The van der Waals surface area contributed by atoms with Crippen LogP contribution in [0.15, 0.2) is 72.8 Å². The number of anilines is 1. The number of carboxylic acid groups (broad SMARTS) is 1. The van der Waals surface area contributed by atoms with Crippen LogP contribution in [0.1, 0.15) is 34.3 Å². The number of fused-ring (bicyclic) bond motifs is 3. The molecule has 174 valence electrons. The molecule has 0 bridgehead atoms. The first kappa shape index (κ1) is 23.0. The van der Waals surface area contributed by atoms with Crippen molar-refractivity contribution in [3.05, 3.63) is 89.5 Å². The zero-order chi connectivity index (χ0) is 24.3. The van der Waals surface area contributed by atoms with Crippen molar-refractivity contribution >= 4 is 23.7 Å². The number of aliphatic hydroxyl groups is 1. The van der Waals surface area contributed by atoms with E-state index in [1.54, 1.807) is 0 Å². The lowest BCUT2D eigenvalue weighted by atomic mass is 9.98. The van der Waals surface area contributed by atoms with Gasteiger partial charge in [0.1, 0.15) is 6.61 Å². The van der Waals surface area contributed by atoms with Crippen molar-refractivity contribution in [2.45, 2.75) is 18.4 Å². The Morgan fingerprint density at radius 3 is 2.03 bits per heavy atom. The molecule has 1 aliphatic rings. The van der Waals surface area contributed by atoms with Gasteiger partial charge in [0, 0.05) is 17.2 Å². The Bertz CT molecular complexity index is 1190.